The van der Waals surface area contributed by atoms with Gasteiger partial charge in [-0.15, -0.1) is 0 Å². The van der Waals surface area contributed by atoms with Crippen molar-refractivity contribution in [2.75, 3.05) is 6.61 Å². The highest BCUT2D eigenvalue weighted by Crippen LogP contribution is 2.23. The van der Waals surface area contributed by atoms with E-state index in [2.05, 4.69) is 10.3 Å². The highest BCUT2D eigenvalue weighted by molar-refractivity contribution is 6.30. The number of nitrogens with one attached hydrogen (secondary N) is 1. The van der Waals surface area contributed by atoms with E-state index in [1.54, 1.807) is 12.1 Å². The summed E-state index contributed by atoms with van der Waals surface area (Å²) in [6.45, 7) is 0.247. The van der Waals surface area contributed by atoms with Gasteiger partial charge in [-0.25, -0.2) is 0 Å². The molecule has 4 nitrogen and oxygen atoms in total. The minimum Gasteiger partial charge on any atom is -0.396 e. The zero-order valence-corrected chi connectivity index (χ0v) is 10.9. The molecule has 1 heterocycles. The van der Waals surface area contributed by atoms with Gasteiger partial charge in [0.25, 0.3) is 5.91 Å². The van der Waals surface area contributed by atoms with E-state index in [0.29, 0.717) is 16.6 Å². The number of halogens is 1. The number of carbonyl (C=O) groups is 1. The van der Waals surface area contributed by atoms with Gasteiger partial charge in [-0.2, -0.15) is 0 Å². The second kappa shape index (κ2) is 6.16. The molecule has 1 fully saturated rings. The van der Waals surface area contributed by atoms with E-state index in [1.807, 2.05) is 0 Å². The number of nitrogens with zero attached hydrogens (tertiary/aromatic N) is 1. The second-order valence-corrected chi connectivity index (χ2v) is 5.17. The van der Waals surface area contributed by atoms with Crippen molar-refractivity contribution in [3.05, 3.63) is 29.0 Å². The van der Waals surface area contributed by atoms with Gasteiger partial charge in [-0.3, -0.25) is 9.78 Å². The zero-order chi connectivity index (χ0) is 13.0. The Morgan fingerprint density at radius 3 is 2.78 bits per heavy atom. The first-order chi connectivity index (χ1) is 8.69. The van der Waals surface area contributed by atoms with Crippen LogP contribution in [-0.4, -0.2) is 28.6 Å². The van der Waals surface area contributed by atoms with Crippen molar-refractivity contribution in [3.8, 4) is 0 Å². The largest absolute Gasteiger partial charge is 0.396 e. The molecule has 0 bridgehead atoms. The summed E-state index contributed by atoms with van der Waals surface area (Å²) in [5.41, 5.74) is 0.354. The highest BCUT2D eigenvalue weighted by Gasteiger charge is 2.22. The van der Waals surface area contributed by atoms with E-state index in [0.717, 1.165) is 25.7 Å². The van der Waals surface area contributed by atoms with Crippen LogP contribution in [0.1, 0.15) is 36.2 Å². The Morgan fingerprint density at radius 1 is 1.44 bits per heavy atom. The van der Waals surface area contributed by atoms with Crippen LogP contribution in [0.15, 0.2) is 18.3 Å². The number of hydrogen-bond donors (Lipinski definition) is 2. The maximum absolute atomic E-state index is 11.9. The fraction of sp³-hybridized carbons (Fsp3) is 0.538. The number of rotatable bonds is 3. The summed E-state index contributed by atoms with van der Waals surface area (Å²) in [5.74, 6) is 0.215. The van der Waals surface area contributed by atoms with Crippen molar-refractivity contribution in [3.63, 3.8) is 0 Å². The third-order valence-corrected chi connectivity index (χ3v) is 3.63. The predicted octanol–water partition coefficient (Wildman–Crippen LogP) is 2.02. The van der Waals surface area contributed by atoms with E-state index in [1.165, 1.54) is 6.20 Å². The third kappa shape index (κ3) is 3.43. The number of aromatic nitrogens is 1. The van der Waals surface area contributed by atoms with Crippen LogP contribution in [0.3, 0.4) is 0 Å². The van der Waals surface area contributed by atoms with Crippen LogP contribution in [0.2, 0.25) is 5.02 Å². The molecule has 1 aromatic heterocycles. The van der Waals surface area contributed by atoms with Gasteiger partial charge in [0.1, 0.15) is 5.69 Å². The maximum atomic E-state index is 11.9. The van der Waals surface area contributed by atoms with Crippen LogP contribution in [0, 0.1) is 5.92 Å². The number of pyridine rings is 1. The molecule has 1 aliphatic carbocycles. The molecule has 0 aliphatic heterocycles. The highest BCUT2D eigenvalue weighted by atomic mass is 35.5. The number of amides is 1. The number of aliphatic hydroxyl groups is 1. The molecular formula is C13H17ClN2O2. The van der Waals surface area contributed by atoms with Gasteiger partial charge in [0.2, 0.25) is 0 Å². The quantitative estimate of drug-likeness (QED) is 0.882. The molecule has 2 rings (SSSR count). The van der Waals surface area contributed by atoms with Crippen LogP contribution in [0.25, 0.3) is 0 Å². The fourth-order valence-electron chi connectivity index (χ4n) is 2.28. The molecule has 0 atom stereocenters. The summed E-state index contributed by atoms with van der Waals surface area (Å²) in [6, 6.07) is 3.39. The van der Waals surface area contributed by atoms with E-state index in [-0.39, 0.29) is 18.6 Å². The van der Waals surface area contributed by atoms with Crippen molar-refractivity contribution in [2.24, 2.45) is 5.92 Å². The molecule has 1 amide bonds. The topological polar surface area (TPSA) is 62.2 Å². The number of hydrogen-bond acceptors (Lipinski definition) is 3. The van der Waals surface area contributed by atoms with Gasteiger partial charge in [-0.05, 0) is 43.7 Å². The average Bonchev–Trinajstić information content (AvgIpc) is 2.39. The molecule has 2 N–H and O–H groups in total. The summed E-state index contributed by atoms with van der Waals surface area (Å²) in [6.07, 6.45) is 5.28. The molecule has 1 aliphatic rings. The molecule has 1 aromatic rings. The lowest BCUT2D eigenvalue weighted by Gasteiger charge is -2.27. The second-order valence-electron chi connectivity index (χ2n) is 4.73. The Balaban J connectivity index is 1.89. The molecule has 0 saturated heterocycles. The van der Waals surface area contributed by atoms with E-state index in [4.69, 9.17) is 16.7 Å². The fourth-order valence-corrected chi connectivity index (χ4v) is 2.44. The lowest BCUT2D eigenvalue weighted by atomic mass is 9.86. The van der Waals surface area contributed by atoms with Crippen molar-refractivity contribution in [1.29, 1.82) is 0 Å². The van der Waals surface area contributed by atoms with Crippen molar-refractivity contribution < 1.29 is 9.90 Å². The zero-order valence-electron chi connectivity index (χ0n) is 10.1. The Labute approximate surface area is 111 Å². The smallest absolute Gasteiger partial charge is 0.270 e. The summed E-state index contributed by atoms with van der Waals surface area (Å²) in [4.78, 5) is 15.9. The predicted molar refractivity (Wildman–Crippen MR) is 69.5 cm³/mol. The molecule has 0 spiro atoms. The molecular weight excluding hydrogens is 252 g/mol. The van der Waals surface area contributed by atoms with Gasteiger partial charge < -0.3 is 10.4 Å². The van der Waals surface area contributed by atoms with Crippen molar-refractivity contribution >= 4 is 17.5 Å². The molecule has 0 aromatic carbocycles. The van der Waals surface area contributed by atoms with Crippen molar-refractivity contribution in [1.82, 2.24) is 10.3 Å². The molecule has 1 saturated carbocycles. The Bertz CT molecular complexity index is 417. The normalized spacial score (nSPS) is 23.7. The monoisotopic (exact) mass is 268 g/mol. The number of carbonyl (C=O) groups excluding carboxylic acids is 1. The molecule has 98 valence electrons. The third-order valence-electron chi connectivity index (χ3n) is 3.39. The SMILES string of the molecule is O=C(NC1CCC(CO)CC1)c1cc(Cl)ccn1. The summed E-state index contributed by atoms with van der Waals surface area (Å²) in [7, 11) is 0. The summed E-state index contributed by atoms with van der Waals surface area (Å²) in [5, 5.41) is 12.5. The molecule has 0 radical (unpaired) electrons. The standard InChI is InChI=1S/C13H17ClN2O2/c14-10-5-6-15-12(7-10)13(18)16-11-3-1-9(8-17)2-4-11/h5-7,9,11,17H,1-4,8H2,(H,16,18). The van der Waals surface area contributed by atoms with E-state index in [9.17, 15) is 4.79 Å². The lowest BCUT2D eigenvalue weighted by molar-refractivity contribution is 0.0909. The van der Waals surface area contributed by atoms with Gasteiger partial charge in [-0.1, -0.05) is 11.6 Å². The summed E-state index contributed by atoms with van der Waals surface area (Å²) < 4.78 is 0. The van der Waals surface area contributed by atoms with Crippen molar-refractivity contribution in [2.45, 2.75) is 31.7 Å². The van der Waals surface area contributed by atoms with Gasteiger partial charge in [0.05, 0.1) is 0 Å². The first-order valence-electron chi connectivity index (χ1n) is 6.22. The summed E-state index contributed by atoms with van der Waals surface area (Å²) >= 11 is 5.82. The Kier molecular flexibility index (Phi) is 4.55. The average molecular weight is 269 g/mol. The first-order valence-corrected chi connectivity index (χ1v) is 6.60. The minimum absolute atomic E-state index is 0.176. The molecule has 18 heavy (non-hydrogen) atoms. The Hall–Kier alpha value is -1.13. The van der Waals surface area contributed by atoms with E-state index >= 15 is 0 Å². The van der Waals surface area contributed by atoms with Crippen LogP contribution in [0.4, 0.5) is 0 Å². The van der Waals surface area contributed by atoms with Gasteiger partial charge in [0, 0.05) is 23.9 Å². The maximum Gasteiger partial charge on any atom is 0.270 e. The number of aliphatic hydroxyl groups excluding tert-OH is 1. The molecule has 5 heteroatoms. The Morgan fingerprint density at radius 2 is 2.17 bits per heavy atom. The van der Waals surface area contributed by atoms with Crippen LogP contribution >= 0.6 is 11.6 Å². The van der Waals surface area contributed by atoms with Gasteiger partial charge in [0.15, 0.2) is 0 Å². The van der Waals surface area contributed by atoms with Crippen LogP contribution < -0.4 is 5.32 Å². The minimum atomic E-state index is -0.176. The van der Waals surface area contributed by atoms with Crippen LogP contribution in [0.5, 0.6) is 0 Å². The van der Waals surface area contributed by atoms with Gasteiger partial charge >= 0.3 is 0 Å². The first kappa shape index (κ1) is 13.3. The molecule has 0 unspecified atom stereocenters. The lowest BCUT2D eigenvalue weighted by Crippen LogP contribution is -2.38. The van der Waals surface area contributed by atoms with E-state index < -0.39 is 0 Å². The van der Waals surface area contributed by atoms with Crippen LogP contribution in [-0.2, 0) is 0 Å².